The number of carbonyl (C=O) groups is 1. The average molecular weight is 400 g/mol. The van der Waals surface area contributed by atoms with Gasteiger partial charge >= 0.3 is 0 Å². The first kappa shape index (κ1) is 19.5. The lowest BCUT2D eigenvalue weighted by molar-refractivity contribution is 0.102. The number of nitrogens with two attached hydrogens (primary N) is 1. The molecule has 8 heteroatoms. The Kier molecular flexibility index (Phi) is 5.43. The number of sulfonamides is 1. The van der Waals surface area contributed by atoms with E-state index in [0.717, 1.165) is 5.56 Å². The maximum atomic E-state index is 13.1. The summed E-state index contributed by atoms with van der Waals surface area (Å²) in [5.41, 5.74) is 1.37. The van der Waals surface area contributed by atoms with Crippen molar-refractivity contribution in [1.82, 2.24) is 0 Å². The fourth-order valence-corrected chi connectivity index (χ4v) is 3.04. The fraction of sp³-hybridized carbons (Fsp3) is 0.0500. The molecule has 0 aromatic heterocycles. The third-order valence-corrected chi connectivity index (χ3v) is 4.75. The summed E-state index contributed by atoms with van der Waals surface area (Å²) in [6.07, 6.45) is 0. The second-order valence-corrected chi connectivity index (χ2v) is 7.64. The fourth-order valence-electron chi connectivity index (χ4n) is 2.48. The Hall–Kier alpha value is -3.23. The van der Waals surface area contributed by atoms with Crippen LogP contribution in [0.15, 0.2) is 71.6 Å². The Morgan fingerprint density at radius 1 is 1.04 bits per heavy atom. The van der Waals surface area contributed by atoms with Crippen LogP contribution in [0.5, 0.6) is 11.5 Å². The third kappa shape index (κ3) is 4.73. The van der Waals surface area contributed by atoms with Gasteiger partial charge in [0.25, 0.3) is 5.91 Å². The molecule has 0 heterocycles. The Labute approximate surface area is 161 Å². The lowest BCUT2D eigenvalue weighted by atomic mass is 10.1. The summed E-state index contributed by atoms with van der Waals surface area (Å²) in [6.45, 7) is 1.84. The standard InChI is InChI=1S/C20H17FN2O4S/c1-13-5-10-18(19(11-13)27-16-8-6-14(21)7-9-16)20(24)23-15-3-2-4-17(12-15)28(22,25)26/h2-12H,1H3,(H,23,24)(H2,22,25,26). The summed E-state index contributed by atoms with van der Waals surface area (Å²) in [4.78, 5) is 12.6. The number of benzene rings is 3. The molecule has 3 rings (SSSR count). The van der Waals surface area contributed by atoms with Crippen LogP contribution in [-0.2, 0) is 10.0 Å². The first-order valence-corrected chi connectivity index (χ1v) is 9.75. The molecule has 3 N–H and O–H groups in total. The normalized spacial score (nSPS) is 11.1. The van der Waals surface area contributed by atoms with Crippen molar-refractivity contribution in [3.05, 3.63) is 83.7 Å². The number of aryl methyl sites for hydroxylation is 1. The van der Waals surface area contributed by atoms with Crippen LogP contribution in [0.3, 0.4) is 0 Å². The van der Waals surface area contributed by atoms with Crippen LogP contribution in [-0.4, -0.2) is 14.3 Å². The number of halogens is 1. The van der Waals surface area contributed by atoms with Crippen molar-refractivity contribution in [2.45, 2.75) is 11.8 Å². The van der Waals surface area contributed by atoms with E-state index in [9.17, 15) is 17.6 Å². The third-order valence-electron chi connectivity index (χ3n) is 3.84. The number of anilines is 1. The van der Waals surface area contributed by atoms with Crippen LogP contribution >= 0.6 is 0 Å². The minimum atomic E-state index is -3.89. The van der Waals surface area contributed by atoms with Crippen molar-refractivity contribution >= 4 is 21.6 Å². The molecule has 0 radical (unpaired) electrons. The van der Waals surface area contributed by atoms with Crippen molar-refractivity contribution in [1.29, 1.82) is 0 Å². The Morgan fingerprint density at radius 2 is 1.75 bits per heavy atom. The topological polar surface area (TPSA) is 98.5 Å². The smallest absolute Gasteiger partial charge is 0.259 e. The van der Waals surface area contributed by atoms with Crippen LogP contribution < -0.4 is 15.2 Å². The highest BCUT2D eigenvalue weighted by atomic mass is 32.2. The van der Waals surface area contributed by atoms with Crippen molar-refractivity contribution in [2.75, 3.05) is 5.32 Å². The average Bonchev–Trinajstić information content (AvgIpc) is 2.63. The molecule has 0 saturated heterocycles. The monoisotopic (exact) mass is 400 g/mol. The molecule has 0 spiro atoms. The molecule has 6 nitrogen and oxygen atoms in total. The van der Waals surface area contributed by atoms with Crippen LogP contribution in [0, 0.1) is 12.7 Å². The molecule has 0 aliphatic rings. The molecule has 3 aromatic carbocycles. The minimum absolute atomic E-state index is 0.114. The molecular weight excluding hydrogens is 383 g/mol. The SMILES string of the molecule is Cc1ccc(C(=O)Nc2cccc(S(N)(=O)=O)c2)c(Oc2ccc(F)cc2)c1. The van der Waals surface area contributed by atoms with E-state index >= 15 is 0 Å². The largest absolute Gasteiger partial charge is 0.457 e. The van der Waals surface area contributed by atoms with E-state index in [1.54, 1.807) is 24.3 Å². The number of ether oxygens (including phenoxy) is 1. The van der Waals surface area contributed by atoms with Crippen LogP contribution in [0.25, 0.3) is 0 Å². The molecule has 1 amide bonds. The van der Waals surface area contributed by atoms with Crippen molar-refractivity contribution in [3.63, 3.8) is 0 Å². The van der Waals surface area contributed by atoms with Crippen LogP contribution in [0.1, 0.15) is 15.9 Å². The number of primary sulfonamides is 1. The maximum Gasteiger partial charge on any atom is 0.259 e. The lowest BCUT2D eigenvalue weighted by Crippen LogP contribution is -2.15. The molecule has 0 bridgehead atoms. The maximum absolute atomic E-state index is 13.1. The van der Waals surface area contributed by atoms with Gasteiger partial charge in [0.1, 0.15) is 17.3 Å². The Balaban J connectivity index is 1.89. The molecule has 0 saturated carbocycles. The second-order valence-electron chi connectivity index (χ2n) is 6.08. The number of amides is 1. The highest BCUT2D eigenvalue weighted by Crippen LogP contribution is 2.28. The molecule has 0 atom stereocenters. The van der Waals surface area contributed by atoms with E-state index in [1.807, 2.05) is 6.92 Å². The Morgan fingerprint density at radius 3 is 2.43 bits per heavy atom. The van der Waals surface area contributed by atoms with Gasteiger partial charge in [-0.3, -0.25) is 4.79 Å². The van der Waals surface area contributed by atoms with Gasteiger partial charge in [0.15, 0.2) is 0 Å². The van der Waals surface area contributed by atoms with E-state index in [1.165, 1.54) is 42.5 Å². The first-order valence-electron chi connectivity index (χ1n) is 8.21. The van der Waals surface area contributed by atoms with Gasteiger partial charge in [-0.05, 0) is 67.1 Å². The molecule has 0 fully saturated rings. The number of hydrogen-bond acceptors (Lipinski definition) is 4. The molecule has 0 aliphatic carbocycles. The van der Waals surface area contributed by atoms with Gasteiger partial charge in [-0.25, -0.2) is 17.9 Å². The number of rotatable bonds is 5. The molecule has 144 valence electrons. The molecule has 3 aromatic rings. The molecule has 0 aliphatic heterocycles. The van der Waals surface area contributed by atoms with E-state index in [0.29, 0.717) is 5.75 Å². The van der Waals surface area contributed by atoms with Crippen molar-refractivity contribution in [2.24, 2.45) is 5.14 Å². The molecule has 0 unspecified atom stereocenters. The number of carbonyl (C=O) groups excluding carboxylic acids is 1. The van der Waals surface area contributed by atoms with Gasteiger partial charge in [-0.2, -0.15) is 0 Å². The van der Waals surface area contributed by atoms with Crippen molar-refractivity contribution in [3.8, 4) is 11.5 Å². The van der Waals surface area contributed by atoms with E-state index in [4.69, 9.17) is 9.88 Å². The van der Waals surface area contributed by atoms with Gasteiger partial charge in [0.05, 0.1) is 10.5 Å². The van der Waals surface area contributed by atoms with E-state index in [2.05, 4.69) is 5.32 Å². The summed E-state index contributed by atoms with van der Waals surface area (Å²) in [5.74, 6) is -0.239. The first-order chi connectivity index (χ1) is 13.2. The van der Waals surface area contributed by atoms with Crippen LogP contribution in [0.4, 0.5) is 10.1 Å². The van der Waals surface area contributed by atoms with Gasteiger partial charge in [-0.1, -0.05) is 12.1 Å². The number of nitrogens with one attached hydrogen (secondary N) is 1. The Bertz CT molecular complexity index is 1130. The zero-order valence-corrected chi connectivity index (χ0v) is 15.7. The molecule has 28 heavy (non-hydrogen) atoms. The zero-order chi connectivity index (χ0) is 20.3. The summed E-state index contributed by atoms with van der Waals surface area (Å²) < 4.78 is 41.8. The van der Waals surface area contributed by atoms with Gasteiger partial charge in [0, 0.05) is 5.69 Å². The summed E-state index contributed by atoms with van der Waals surface area (Å²) in [7, 11) is -3.89. The summed E-state index contributed by atoms with van der Waals surface area (Å²) in [6, 6.07) is 16.0. The highest BCUT2D eigenvalue weighted by molar-refractivity contribution is 7.89. The van der Waals surface area contributed by atoms with E-state index in [-0.39, 0.29) is 21.9 Å². The predicted molar refractivity (Wildman–Crippen MR) is 103 cm³/mol. The minimum Gasteiger partial charge on any atom is -0.457 e. The number of hydrogen-bond donors (Lipinski definition) is 2. The lowest BCUT2D eigenvalue weighted by Gasteiger charge is -2.13. The summed E-state index contributed by atoms with van der Waals surface area (Å²) >= 11 is 0. The van der Waals surface area contributed by atoms with Crippen molar-refractivity contribution < 1.29 is 22.3 Å². The van der Waals surface area contributed by atoms with Gasteiger partial charge < -0.3 is 10.1 Å². The zero-order valence-electron chi connectivity index (χ0n) is 14.8. The summed E-state index contributed by atoms with van der Waals surface area (Å²) in [5, 5.41) is 7.74. The van der Waals surface area contributed by atoms with Crippen LogP contribution in [0.2, 0.25) is 0 Å². The predicted octanol–water partition coefficient (Wildman–Crippen LogP) is 3.83. The second kappa shape index (κ2) is 7.79. The van der Waals surface area contributed by atoms with Gasteiger partial charge in [-0.15, -0.1) is 0 Å². The van der Waals surface area contributed by atoms with E-state index < -0.39 is 21.7 Å². The highest BCUT2D eigenvalue weighted by Gasteiger charge is 2.15. The van der Waals surface area contributed by atoms with Gasteiger partial charge in [0.2, 0.25) is 10.0 Å². The molecular formula is C20H17FN2O4S. The quantitative estimate of drug-likeness (QED) is 0.680.